The minimum absolute atomic E-state index is 0.0116. The summed E-state index contributed by atoms with van der Waals surface area (Å²) in [5.41, 5.74) is 0.999. The summed E-state index contributed by atoms with van der Waals surface area (Å²) in [7, 11) is 0. The molecule has 19 heavy (non-hydrogen) atoms. The Morgan fingerprint density at radius 3 is 2.79 bits per heavy atom. The third-order valence-corrected chi connectivity index (χ3v) is 4.89. The summed E-state index contributed by atoms with van der Waals surface area (Å²) in [6.45, 7) is 2.99. The minimum Gasteiger partial charge on any atom is -0.306 e. The van der Waals surface area contributed by atoms with E-state index in [9.17, 15) is 4.39 Å². The molecule has 1 nitrogen and oxygen atoms in total. The van der Waals surface area contributed by atoms with Crippen molar-refractivity contribution in [1.29, 1.82) is 0 Å². The Bertz CT molecular complexity index is 558. The number of hydrogen-bond donors (Lipinski definition) is 1. The van der Waals surface area contributed by atoms with Gasteiger partial charge in [-0.1, -0.05) is 40.5 Å². The number of benzene rings is 1. The summed E-state index contributed by atoms with van der Waals surface area (Å²) in [5, 5.41) is 6.18. The molecule has 0 spiro atoms. The van der Waals surface area contributed by atoms with Gasteiger partial charge in [0.25, 0.3) is 0 Å². The average Bonchev–Trinajstić information content (AvgIpc) is 2.78. The molecule has 0 saturated carbocycles. The van der Waals surface area contributed by atoms with Gasteiger partial charge in [0, 0.05) is 9.35 Å². The maximum atomic E-state index is 13.2. The van der Waals surface area contributed by atoms with Crippen LogP contribution in [0.15, 0.2) is 34.1 Å². The van der Waals surface area contributed by atoms with Crippen LogP contribution in [0.1, 0.15) is 29.8 Å². The first-order valence-electron chi connectivity index (χ1n) is 6.04. The molecule has 0 saturated heterocycles. The highest BCUT2D eigenvalue weighted by Crippen LogP contribution is 2.36. The van der Waals surface area contributed by atoms with Gasteiger partial charge < -0.3 is 5.32 Å². The molecule has 2 rings (SSSR count). The Morgan fingerprint density at radius 1 is 1.42 bits per heavy atom. The Hall–Kier alpha value is -0.420. The highest BCUT2D eigenvalue weighted by atomic mass is 79.9. The lowest BCUT2D eigenvalue weighted by molar-refractivity contribution is 0.597. The second-order valence-corrected chi connectivity index (χ2v) is 6.39. The van der Waals surface area contributed by atoms with Crippen LogP contribution in [0.4, 0.5) is 4.39 Å². The van der Waals surface area contributed by atoms with Crippen molar-refractivity contribution in [2.45, 2.75) is 19.4 Å². The van der Waals surface area contributed by atoms with Crippen molar-refractivity contribution in [3.05, 3.63) is 55.4 Å². The molecule has 1 aromatic heterocycles. The first-order chi connectivity index (χ1) is 9.13. The van der Waals surface area contributed by atoms with Gasteiger partial charge in [0.2, 0.25) is 0 Å². The Morgan fingerprint density at radius 2 is 2.21 bits per heavy atom. The molecule has 0 aliphatic carbocycles. The molecule has 1 heterocycles. The van der Waals surface area contributed by atoms with Crippen LogP contribution in [-0.2, 0) is 0 Å². The Kier molecular flexibility index (Phi) is 5.39. The van der Waals surface area contributed by atoms with Gasteiger partial charge in [0.15, 0.2) is 0 Å². The first kappa shape index (κ1) is 15.0. The summed E-state index contributed by atoms with van der Waals surface area (Å²) in [5.74, 6) is -0.248. The predicted molar refractivity (Wildman–Crippen MR) is 83.6 cm³/mol. The third-order valence-electron chi connectivity index (χ3n) is 2.78. The molecule has 102 valence electrons. The smallest absolute Gasteiger partial charge is 0.124 e. The summed E-state index contributed by atoms with van der Waals surface area (Å²) < 4.78 is 14.0. The number of thiophene rings is 1. The molecule has 1 N–H and O–H groups in total. The second-order valence-electron chi connectivity index (χ2n) is 4.19. The number of nitrogens with one attached hydrogen (secondary N) is 1. The van der Waals surface area contributed by atoms with E-state index in [0.717, 1.165) is 32.9 Å². The number of hydrogen-bond acceptors (Lipinski definition) is 2. The largest absolute Gasteiger partial charge is 0.306 e. The van der Waals surface area contributed by atoms with E-state index < -0.39 is 0 Å². The number of rotatable bonds is 5. The van der Waals surface area contributed by atoms with Gasteiger partial charge >= 0.3 is 0 Å². The van der Waals surface area contributed by atoms with E-state index in [2.05, 4.69) is 28.2 Å². The molecule has 0 radical (unpaired) electrons. The third kappa shape index (κ3) is 3.57. The quantitative estimate of drug-likeness (QED) is 0.751. The monoisotopic (exact) mass is 361 g/mol. The SMILES string of the molecule is CCCNC(c1ccc(F)cc1Br)c1sccc1Cl. The van der Waals surface area contributed by atoms with Crippen molar-refractivity contribution in [3.8, 4) is 0 Å². The van der Waals surface area contributed by atoms with Crippen molar-refractivity contribution in [3.63, 3.8) is 0 Å². The molecule has 2 aromatic rings. The maximum Gasteiger partial charge on any atom is 0.124 e. The van der Waals surface area contributed by atoms with Crippen LogP contribution in [0.3, 0.4) is 0 Å². The van der Waals surface area contributed by atoms with Gasteiger partial charge in [0.05, 0.1) is 11.1 Å². The van der Waals surface area contributed by atoms with Crippen molar-refractivity contribution >= 4 is 38.9 Å². The highest BCUT2D eigenvalue weighted by molar-refractivity contribution is 9.10. The topological polar surface area (TPSA) is 12.0 Å². The van der Waals surface area contributed by atoms with Crippen LogP contribution < -0.4 is 5.32 Å². The fourth-order valence-electron chi connectivity index (χ4n) is 1.88. The molecule has 1 atom stereocenters. The summed E-state index contributed by atoms with van der Waals surface area (Å²) in [6.07, 6.45) is 1.03. The number of halogens is 3. The van der Waals surface area contributed by atoms with E-state index in [4.69, 9.17) is 11.6 Å². The maximum absolute atomic E-state index is 13.2. The molecule has 0 aliphatic rings. The van der Waals surface area contributed by atoms with E-state index in [1.165, 1.54) is 12.1 Å². The molecular weight excluding hydrogens is 349 g/mol. The lowest BCUT2D eigenvalue weighted by Gasteiger charge is -2.19. The fraction of sp³-hybridized carbons (Fsp3) is 0.286. The van der Waals surface area contributed by atoms with E-state index in [-0.39, 0.29) is 11.9 Å². The van der Waals surface area contributed by atoms with Gasteiger partial charge in [-0.2, -0.15) is 0 Å². The van der Waals surface area contributed by atoms with Crippen LogP contribution in [0.25, 0.3) is 0 Å². The molecule has 1 aromatic carbocycles. The summed E-state index contributed by atoms with van der Waals surface area (Å²) in [6, 6.07) is 6.63. The molecule has 0 fully saturated rings. The lowest BCUT2D eigenvalue weighted by Crippen LogP contribution is -2.23. The van der Waals surface area contributed by atoms with Crippen molar-refractivity contribution in [2.75, 3.05) is 6.54 Å². The minimum atomic E-state index is -0.248. The van der Waals surface area contributed by atoms with Gasteiger partial charge in [-0.15, -0.1) is 11.3 Å². The molecule has 5 heteroatoms. The zero-order valence-electron chi connectivity index (χ0n) is 10.4. The van der Waals surface area contributed by atoms with E-state index in [1.807, 2.05) is 11.4 Å². The molecular formula is C14H14BrClFNS. The van der Waals surface area contributed by atoms with Gasteiger partial charge in [-0.05, 0) is 42.1 Å². The molecule has 0 aliphatic heterocycles. The van der Waals surface area contributed by atoms with Gasteiger partial charge in [-0.25, -0.2) is 4.39 Å². The molecule has 0 amide bonds. The van der Waals surface area contributed by atoms with E-state index >= 15 is 0 Å². The van der Waals surface area contributed by atoms with E-state index in [0.29, 0.717) is 0 Å². The summed E-state index contributed by atoms with van der Waals surface area (Å²) in [4.78, 5) is 1.06. The van der Waals surface area contributed by atoms with Crippen LogP contribution in [-0.4, -0.2) is 6.54 Å². The van der Waals surface area contributed by atoms with Crippen molar-refractivity contribution in [1.82, 2.24) is 5.32 Å². The highest BCUT2D eigenvalue weighted by Gasteiger charge is 2.20. The second kappa shape index (κ2) is 6.84. The average molecular weight is 363 g/mol. The standard InChI is InChI=1S/C14H14BrClFNS/c1-2-6-18-13(14-12(16)5-7-19-14)10-4-3-9(17)8-11(10)15/h3-5,7-8,13,18H,2,6H2,1H3. The van der Waals surface area contributed by atoms with Crippen LogP contribution in [0.2, 0.25) is 5.02 Å². The Balaban J connectivity index is 2.40. The molecule has 1 unspecified atom stereocenters. The van der Waals surface area contributed by atoms with E-state index in [1.54, 1.807) is 17.4 Å². The van der Waals surface area contributed by atoms with Crippen LogP contribution >= 0.6 is 38.9 Å². The zero-order valence-corrected chi connectivity index (χ0v) is 13.6. The van der Waals surface area contributed by atoms with Gasteiger partial charge in [-0.3, -0.25) is 0 Å². The predicted octanol–water partition coefficient (Wildman–Crippen LogP) is 5.39. The molecule has 0 bridgehead atoms. The lowest BCUT2D eigenvalue weighted by atomic mass is 10.1. The normalized spacial score (nSPS) is 12.6. The summed E-state index contributed by atoms with van der Waals surface area (Å²) >= 11 is 11.3. The van der Waals surface area contributed by atoms with Crippen molar-refractivity contribution < 1.29 is 4.39 Å². The Labute approximate surface area is 129 Å². The fourth-order valence-corrected chi connectivity index (χ4v) is 3.72. The zero-order chi connectivity index (χ0) is 13.8. The van der Waals surface area contributed by atoms with Crippen molar-refractivity contribution in [2.24, 2.45) is 0 Å². The van der Waals surface area contributed by atoms with Gasteiger partial charge in [0.1, 0.15) is 5.82 Å². The van der Waals surface area contributed by atoms with Crippen LogP contribution in [0, 0.1) is 5.82 Å². The first-order valence-corrected chi connectivity index (χ1v) is 8.09. The van der Waals surface area contributed by atoms with Crippen LogP contribution in [0.5, 0.6) is 0 Å².